The molecule has 43 heteroatoms. The number of nitrogens with zero attached hydrogens (tertiary/aromatic N) is 19. The van der Waals surface area contributed by atoms with E-state index in [1.165, 1.54) is 43.7 Å². The number of piperidine rings is 4. The van der Waals surface area contributed by atoms with Crippen LogP contribution in [0.3, 0.4) is 0 Å². The zero-order valence-electron chi connectivity index (χ0n) is 72.7. The van der Waals surface area contributed by atoms with Crippen molar-refractivity contribution in [2.75, 3.05) is 70.0 Å². The molecule has 0 radical (unpaired) electrons. The molecule has 4 aliphatic rings. The maximum Gasteiger partial charge on any atom is 0.413 e. The third-order valence-corrected chi connectivity index (χ3v) is 21.5. The Labute approximate surface area is 735 Å². The number of nitrogens with two attached hydrogens (primary N) is 3. The van der Waals surface area contributed by atoms with Crippen molar-refractivity contribution in [3.63, 3.8) is 0 Å². The third kappa shape index (κ3) is 24.2. The summed E-state index contributed by atoms with van der Waals surface area (Å²) in [6.45, 7) is 23.3. The summed E-state index contributed by atoms with van der Waals surface area (Å²) in [6.07, 6.45) is 26.5. The standard InChI is InChI=1S/3C20H24N8O2.C13H17N3O5.C12H17N5/c3*1-12-3-4-16(15-6-8-28(26-15)17-5-7-23-25-17)27(11-12)20(30)19(29)24-14-9-13(2)18(21)22-10-14;1-7-5-8(15-10(17)11(18)19)6-14-9(7)16-12(20)21-13(2,3)4;1-9-2-3-10(13-8-9)11-5-7-17(16-11)12-4-6-14-15-12/h3*5-10,12,16H,3-4,11H2,1-2H3,(H2,21,22)(H,23,25)(H,24,29);5-6H,1-4H3,(H,15,17)(H,18,19)(H,14,16,20);4-7,9-10,13H,2-3,8H2,1H3,(H,14,15)/t3*12-,16+;;9-,10+/m110.0/s1. The largest absolute Gasteiger partial charge is 0.474 e. The number of nitrogen functional groups attached to an aromatic ring is 3. The number of aromatic amines is 4. The number of carbonyl (C=O) groups excluding carboxylic acids is 8. The first-order valence-corrected chi connectivity index (χ1v) is 41.7. The van der Waals surface area contributed by atoms with E-state index in [1.54, 1.807) is 138 Å². The summed E-state index contributed by atoms with van der Waals surface area (Å²) >= 11 is 0. The number of aliphatic carboxylic acids is 1. The number of aryl methyl sites for hydroxylation is 4. The number of carbonyl (C=O) groups is 9. The van der Waals surface area contributed by atoms with Crippen molar-refractivity contribution in [3.8, 4) is 23.3 Å². The molecule has 672 valence electrons. The topological polar surface area (TPSA) is 581 Å². The number of pyridine rings is 4. The van der Waals surface area contributed by atoms with Crippen LogP contribution in [0.2, 0.25) is 0 Å². The maximum absolute atomic E-state index is 13.0. The molecule has 8 atom stereocenters. The van der Waals surface area contributed by atoms with E-state index in [2.05, 4.69) is 147 Å². The zero-order chi connectivity index (χ0) is 91.6. The molecule has 4 aliphatic heterocycles. The highest BCUT2D eigenvalue weighted by molar-refractivity contribution is 6.41. The quantitative estimate of drug-likeness (QED) is 0.0479. The predicted molar refractivity (Wildman–Crippen MR) is 472 cm³/mol. The van der Waals surface area contributed by atoms with E-state index in [0.29, 0.717) is 83.5 Å². The van der Waals surface area contributed by atoms with Gasteiger partial charge in [-0.1, -0.05) is 27.7 Å². The third-order valence-electron chi connectivity index (χ3n) is 21.5. The van der Waals surface area contributed by atoms with E-state index in [0.717, 1.165) is 114 Å². The molecule has 0 aliphatic carbocycles. The number of hydrogen-bond donors (Lipinski definition) is 14. The Hall–Kier alpha value is -15.3. The van der Waals surface area contributed by atoms with Gasteiger partial charge in [-0.2, -0.15) is 40.8 Å². The summed E-state index contributed by atoms with van der Waals surface area (Å²) in [7, 11) is 0. The normalized spacial score (nSPS) is 18.4. The van der Waals surface area contributed by atoms with Crippen LogP contribution in [-0.2, 0) is 43.1 Å². The molecule has 16 rings (SSSR count). The van der Waals surface area contributed by atoms with Crippen molar-refractivity contribution in [2.45, 2.75) is 157 Å². The summed E-state index contributed by atoms with van der Waals surface area (Å²) in [5.74, 6) is -0.431. The van der Waals surface area contributed by atoms with Crippen molar-refractivity contribution in [3.05, 3.63) is 192 Å². The van der Waals surface area contributed by atoms with Crippen LogP contribution in [0.4, 0.5) is 50.8 Å². The number of likely N-dealkylation sites (tertiary alicyclic amines) is 3. The maximum atomic E-state index is 13.0. The van der Waals surface area contributed by atoms with E-state index in [1.807, 2.05) is 53.7 Å². The molecule has 4 saturated heterocycles. The Kier molecular flexibility index (Phi) is 29.7. The Morgan fingerprint density at radius 3 is 1.02 bits per heavy atom. The average molecular weight is 1750 g/mol. The minimum absolute atomic E-state index is 0.217. The van der Waals surface area contributed by atoms with Crippen LogP contribution < -0.4 is 49.1 Å². The first-order valence-electron chi connectivity index (χ1n) is 41.7. The van der Waals surface area contributed by atoms with Crippen molar-refractivity contribution < 1.29 is 53.0 Å². The number of H-pyrrole nitrogens is 4. The highest BCUT2D eigenvalue weighted by atomic mass is 16.6. The molecule has 43 nitrogen and oxygen atoms in total. The number of amides is 8. The molecule has 0 saturated carbocycles. The fourth-order valence-corrected chi connectivity index (χ4v) is 14.7. The SMILES string of the molecule is C[C@H]1CC[C@H](c2ccn(-c3ccn[nH]3)n2)NC1.Cc1cc(NC(=O)C(=O)N2C[C@@H](C)CC[C@@H]2c2ccn(-c3ccn[nH]3)n2)cnc1N.Cc1cc(NC(=O)C(=O)N2C[C@H](C)CC[C@H]2c2ccn(-c3ccn[nH]3)n2)cnc1N.Cc1cc(NC(=O)C(=O)N2C[C@H](C)CC[C@H]2c2ccn(-c3ccn[nH]3)n2)cnc1N.Cc1cc(NC(=O)C(=O)O)cnc1NC(=O)OC(C)(C)C. The van der Waals surface area contributed by atoms with E-state index < -0.39 is 59.0 Å². The lowest BCUT2D eigenvalue weighted by Gasteiger charge is -2.37. The van der Waals surface area contributed by atoms with E-state index in [-0.39, 0.29) is 29.6 Å². The van der Waals surface area contributed by atoms with Gasteiger partial charge in [0.05, 0.1) is 119 Å². The highest BCUT2D eigenvalue weighted by Crippen LogP contribution is 2.37. The fourth-order valence-electron chi connectivity index (χ4n) is 14.7. The molecular weight excluding hydrogens is 1650 g/mol. The predicted octanol–water partition coefficient (Wildman–Crippen LogP) is 8.87. The molecule has 8 amide bonds. The fraction of sp³-hybridized carbons (Fsp3) is 0.376. The smallest absolute Gasteiger partial charge is 0.413 e. The minimum atomic E-state index is -1.59. The number of anilines is 8. The molecule has 17 N–H and O–H groups in total. The van der Waals surface area contributed by atoms with E-state index in [4.69, 9.17) is 27.0 Å². The Bertz CT molecular complexity index is 5420. The first kappa shape index (κ1) is 91.9. The molecular formula is C85H106N32O11. The van der Waals surface area contributed by atoms with Gasteiger partial charge in [0, 0.05) is 68.7 Å². The average Bonchev–Trinajstić information content (AvgIpc) is 1.23. The Balaban J connectivity index is 0.000000147. The minimum Gasteiger partial charge on any atom is -0.474 e. The highest BCUT2D eigenvalue weighted by Gasteiger charge is 2.39. The number of rotatable bonds is 13. The second kappa shape index (κ2) is 41.4. The molecule has 16 heterocycles. The number of carboxylic acid groups (broad SMARTS) is 1. The lowest BCUT2D eigenvalue weighted by atomic mass is 9.92. The molecule has 0 aromatic carbocycles. The lowest BCUT2D eigenvalue weighted by Crippen LogP contribution is -2.46. The number of ether oxygens (including phenoxy) is 1. The van der Waals surface area contributed by atoms with Crippen molar-refractivity contribution >= 4 is 99.4 Å². The molecule has 0 unspecified atom stereocenters. The van der Waals surface area contributed by atoms with E-state index in [9.17, 15) is 43.2 Å². The lowest BCUT2D eigenvalue weighted by molar-refractivity contribution is -0.147. The van der Waals surface area contributed by atoms with Crippen molar-refractivity contribution in [2.24, 2.45) is 23.7 Å². The Morgan fingerprint density at radius 2 is 0.719 bits per heavy atom. The van der Waals surface area contributed by atoms with Crippen LogP contribution in [0.15, 0.2) is 147 Å². The molecule has 12 aromatic heterocycles. The van der Waals surface area contributed by atoms with Crippen molar-refractivity contribution in [1.29, 1.82) is 0 Å². The van der Waals surface area contributed by atoms with Gasteiger partial charge < -0.3 is 68.3 Å². The van der Waals surface area contributed by atoms with Crippen LogP contribution in [-0.4, -0.2) is 205 Å². The number of carboxylic acids is 1. The summed E-state index contributed by atoms with van der Waals surface area (Å²) in [4.78, 5) is 131. The van der Waals surface area contributed by atoms with Gasteiger partial charge in [-0.15, -0.1) is 0 Å². The summed E-state index contributed by atoms with van der Waals surface area (Å²) < 4.78 is 11.9. The second-order valence-corrected chi connectivity index (χ2v) is 33.0. The summed E-state index contributed by atoms with van der Waals surface area (Å²) in [5, 5.41) is 70.1. The zero-order valence-corrected chi connectivity index (χ0v) is 72.7. The first-order chi connectivity index (χ1) is 61.2. The van der Waals surface area contributed by atoms with Crippen LogP contribution >= 0.6 is 0 Å². The van der Waals surface area contributed by atoms with Gasteiger partial charge in [-0.3, -0.25) is 59.3 Å². The number of aromatic nitrogens is 20. The van der Waals surface area contributed by atoms with Gasteiger partial charge in [-0.25, -0.2) is 48.3 Å². The summed E-state index contributed by atoms with van der Waals surface area (Å²) in [6, 6.07) is 21.2. The molecule has 4 fully saturated rings. The van der Waals surface area contributed by atoms with Gasteiger partial charge in [0.15, 0.2) is 0 Å². The van der Waals surface area contributed by atoms with Crippen molar-refractivity contribution in [1.82, 2.24) is 120 Å². The van der Waals surface area contributed by atoms with Crippen LogP contribution in [0.25, 0.3) is 23.3 Å². The van der Waals surface area contributed by atoms with E-state index >= 15 is 0 Å². The number of hydrogen-bond acceptors (Lipinski definition) is 26. The summed E-state index contributed by atoms with van der Waals surface area (Å²) in [5.41, 5.74) is 24.1. The second-order valence-electron chi connectivity index (χ2n) is 33.0. The molecule has 128 heavy (non-hydrogen) atoms. The molecule has 0 bridgehead atoms. The van der Waals surface area contributed by atoms with Gasteiger partial charge >= 0.3 is 53.4 Å². The van der Waals surface area contributed by atoms with Gasteiger partial charge in [-0.05, 0) is 201 Å². The van der Waals surface area contributed by atoms with Crippen LogP contribution in [0.1, 0.15) is 169 Å². The van der Waals surface area contributed by atoms with Gasteiger partial charge in [0.25, 0.3) is 0 Å². The van der Waals surface area contributed by atoms with Crippen LogP contribution in [0, 0.1) is 51.4 Å². The van der Waals surface area contributed by atoms with Crippen LogP contribution in [0.5, 0.6) is 0 Å². The molecule has 12 aromatic rings. The number of nitrogens with one attached hydrogen (secondary N) is 10. The Morgan fingerprint density at radius 1 is 0.406 bits per heavy atom. The van der Waals surface area contributed by atoms with Gasteiger partial charge in [0.1, 0.15) is 52.1 Å². The van der Waals surface area contributed by atoms with Gasteiger partial charge in [0.2, 0.25) is 0 Å². The molecule has 0 spiro atoms. The monoisotopic (exact) mass is 1750 g/mol.